The van der Waals surface area contributed by atoms with Crippen molar-refractivity contribution >= 4 is 0 Å². The fourth-order valence-corrected chi connectivity index (χ4v) is 0.852. The average molecular weight is 196 g/mol. The molecule has 1 aromatic rings. The van der Waals surface area contributed by atoms with Crippen LogP contribution >= 0.6 is 0 Å². The van der Waals surface area contributed by atoms with E-state index in [4.69, 9.17) is 4.74 Å². The van der Waals surface area contributed by atoms with E-state index in [1.165, 1.54) is 0 Å². The van der Waals surface area contributed by atoms with Gasteiger partial charge in [-0.2, -0.15) is 0 Å². The Morgan fingerprint density at radius 2 is 1.93 bits per heavy atom. The van der Waals surface area contributed by atoms with Crippen LogP contribution in [0.25, 0.3) is 0 Å². The molecule has 0 unspecified atom stereocenters. The molecule has 1 rings (SSSR count). The van der Waals surface area contributed by atoms with Gasteiger partial charge in [-0.3, -0.25) is 4.98 Å². The third-order valence-corrected chi connectivity index (χ3v) is 1.45. The number of hydrogen-bond donors (Lipinski definition) is 1. The van der Waals surface area contributed by atoms with Gasteiger partial charge in [-0.25, -0.2) is 0 Å². The molecule has 0 fully saturated rings. The molecule has 3 heteroatoms. The van der Waals surface area contributed by atoms with Crippen molar-refractivity contribution in [2.45, 2.75) is 20.8 Å². The highest BCUT2D eigenvalue weighted by atomic mass is 16.5. The lowest BCUT2D eigenvalue weighted by atomic mass is 10.4. The Bertz CT molecular complexity index is 202. The Hall–Kier alpha value is -1.09. The van der Waals surface area contributed by atoms with Crippen LogP contribution in [0.4, 0.5) is 0 Å². The normalized spacial score (nSPS) is 8.79. The van der Waals surface area contributed by atoms with Crippen molar-refractivity contribution in [3.05, 3.63) is 24.5 Å². The molecule has 0 aliphatic rings. The van der Waals surface area contributed by atoms with Gasteiger partial charge in [-0.15, -0.1) is 0 Å². The van der Waals surface area contributed by atoms with E-state index in [0.29, 0.717) is 6.61 Å². The molecule has 3 nitrogen and oxygen atoms in total. The number of ether oxygens (including phenoxy) is 1. The first kappa shape index (κ1) is 12.9. The van der Waals surface area contributed by atoms with E-state index in [1.54, 1.807) is 12.4 Å². The number of rotatable bonds is 5. The predicted octanol–water partition coefficient (Wildman–Crippen LogP) is 2.10. The van der Waals surface area contributed by atoms with Gasteiger partial charge in [0.15, 0.2) is 0 Å². The Balaban J connectivity index is 0.000000791. The van der Waals surface area contributed by atoms with Crippen LogP contribution in [-0.2, 0) is 0 Å². The molecule has 0 amide bonds. The first-order valence-corrected chi connectivity index (χ1v) is 5.17. The van der Waals surface area contributed by atoms with Crippen LogP contribution in [0.15, 0.2) is 24.5 Å². The smallest absolute Gasteiger partial charge is 0.122 e. The zero-order valence-electron chi connectivity index (χ0n) is 9.29. The highest BCUT2D eigenvalue weighted by molar-refractivity contribution is 5.16. The molecule has 0 radical (unpaired) electrons. The lowest BCUT2D eigenvalue weighted by Crippen LogP contribution is -2.20. The van der Waals surface area contributed by atoms with Crippen LogP contribution in [-0.4, -0.2) is 24.7 Å². The van der Waals surface area contributed by atoms with E-state index in [2.05, 4.69) is 17.2 Å². The maximum Gasteiger partial charge on any atom is 0.122 e. The average Bonchev–Trinajstić information content (AvgIpc) is 2.29. The lowest BCUT2D eigenvalue weighted by molar-refractivity contribution is 0.315. The Kier molecular flexibility index (Phi) is 9.22. The molecular weight excluding hydrogens is 176 g/mol. The first-order valence-electron chi connectivity index (χ1n) is 5.17. The molecular formula is C11H20N2O. The minimum atomic E-state index is 0.706. The van der Waals surface area contributed by atoms with Crippen molar-refractivity contribution in [3.63, 3.8) is 0 Å². The SMILES string of the molecule is CC.CCNCCOc1ccncc1. The number of likely N-dealkylation sites (N-methyl/N-ethyl adjacent to an activating group) is 1. The third kappa shape index (κ3) is 6.43. The highest BCUT2D eigenvalue weighted by Crippen LogP contribution is 2.05. The summed E-state index contributed by atoms with van der Waals surface area (Å²) in [6.07, 6.45) is 3.45. The van der Waals surface area contributed by atoms with Gasteiger partial charge in [0.25, 0.3) is 0 Å². The Labute approximate surface area is 86.5 Å². The molecule has 0 saturated heterocycles. The van der Waals surface area contributed by atoms with Crippen LogP contribution in [0.3, 0.4) is 0 Å². The number of nitrogens with one attached hydrogen (secondary N) is 1. The fourth-order valence-electron chi connectivity index (χ4n) is 0.852. The van der Waals surface area contributed by atoms with Gasteiger partial charge in [-0.05, 0) is 18.7 Å². The molecule has 1 N–H and O–H groups in total. The number of pyridine rings is 1. The molecule has 0 aliphatic carbocycles. The largest absolute Gasteiger partial charge is 0.492 e. The number of hydrogen-bond acceptors (Lipinski definition) is 3. The molecule has 0 spiro atoms. The van der Waals surface area contributed by atoms with Crippen LogP contribution in [0.1, 0.15) is 20.8 Å². The van der Waals surface area contributed by atoms with Crippen molar-refractivity contribution in [1.82, 2.24) is 10.3 Å². The number of aromatic nitrogens is 1. The summed E-state index contributed by atoms with van der Waals surface area (Å²) in [6.45, 7) is 8.66. The topological polar surface area (TPSA) is 34.1 Å². The van der Waals surface area contributed by atoms with Gasteiger partial charge < -0.3 is 10.1 Å². The first-order chi connectivity index (χ1) is 6.93. The van der Waals surface area contributed by atoms with Crippen molar-refractivity contribution in [2.24, 2.45) is 0 Å². The molecule has 1 aromatic heterocycles. The van der Waals surface area contributed by atoms with E-state index in [1.807, 2.05) is 26.0 Å². The van der Waals surface area contributed by atoms with E-state index >= 15 is 0 Å². The highest BCUT2D eigenvalue weighted by Gasteiger charge is 1.89. The summed E-state index contributed by atoms with van der Waals surface area (Å²) in [6, 6.07) is 3.71. The molecule has 14 heavy (non-hydrogen) atoms. The summed E-state index contributed by atoms with van der Waals surface area (Å²) in [4.78, 5) is 3.89. The summed E-state index contributed by atoms with van der Waals surface area (Å²) in [7, 11) is 0. The Morgan fingerprint density at radius 1 is 1.29 bits per heavy atom. The molecule has 0 saturated carbocycles. The van der Waals surface area contributed by atoms with Crippen LogP contribution in [0, 0.1) is 0 Å². The quantitative estimate of drug-likeness (QED) is 0.732. The predicted molar refractivity (Wildman–Crippen MR) is 59.6 cm³/mol. The molecule has 80 valence electrons. The van der Waals surface area contributed by atoms with Gasteiger partial charge in [0, 0.05) is 18.9 Å². The third-order valence-electron chi connectivity index (χ3n) is 1.45. The minimum absolute atomic E-state index is 0.706. The summed E-state index contributed by atoms with van der Waals surface area (Å²) < 4.78 is 5.41. The summed E-state index contributed by atoms with van der Waals surface area (Å²) in [5, 5.41) is 3.18. The van der Waals surface area contributed by atoms with Gasteiger partial charge >= 0.3 is 0 Å². The maximum absolute atomic E-state index is 5.41. The minimum Gasteiger partial charge on any atom is -0.492 e. The molecule has 0 atom stereocenters. The van der Waals surface area contributed by atoms with E-state index < -0.39 is 0 Å². The second-order valence-electron chi connectivity index (χ2n) is 2.38. The molecule has 1 heterocycles. The van der Waals surface area contributed by atoms with Crippen LogP contribution in [0.2, 0.25) is 0 Å². The van der Waals surface area contributed by atoms with Crippen molar-refractivity contribution < 1.29 is 4.74 Å². The van der Waals surface area contributed by atoms with Crippen LogP contribution < -0.4 is 10.1 Å². The van der Waals surface area contributed by atoms with Crippen LogP contribution in [0.5, 0.6) is 5.75 Å². The Morgan fingerprint density at radius 3 is 2.50 bits per heavy atom. The second-order valence-corrected chi connectivity index (χ2v) is 2.38. The van der Waals surface area contributed by atoms with E-state index in [0.717, 1.165) is 18.8 Å². The van der Waals surface area contributed by atoms with Gasteiger partial charge in [0.2, 0.25) is 0 Å². The molecule has 0 aromatic carbocycles. The summed E-state index contributed by atoms with van der Waals surface area (Å²) >= 11 is 0. The number of nitrogens with zero attached hydrogens (tertiary/aromatic N) is 1. The van der Waals surface area contributed by atoms with E-state index in [-0.39, 0.29) is 0 Å². The lowest BCUT2D eigenvalue weighted by Gasteiger charge is -2.04. The second kappa shape index (κ2) is 9.99. The standard InChI is InChI=1S/C9H14N2O.C2H6/c1-2-10-7-8-12-9-3-5-11-6-4-9;1-2/h3-6,10H,2,7-8H2,1H3;1-2H3. The zero-order chi connectivity index (χ0) is 10.6. The summed E-state index contributed by atoms with van der Waals surface area (Å²) in [5.41, 5.74) is 0. The fraction of sp³-hybridized carbons (Fsp3) is 0.545. The van der Waals surface area contributed by atoms with Gasteiger partial charge in [0.05, 0.1) is 0 Å². The van der Waals surface area contributed by atoms with Crippen molar-refractivity contribution in [1.29, 1.82) is 0 Å². The molecule has 0 bridgehead atoms. The maximum atomic E-state index is 5.41. The molecule has 0 aliphatic heterocycles. The van der Waals surface area contributed by atoms with Gasteiger partial charge in [-0.1, -0.05) is 20.8 Å². The van der Waals surface area contributed by atoms with E-state index in [9.17, 15) is 0 Å². The zero-order valence-corrected chi connectivity index (χ0v) is 9.29. The summed E-state index contributed by atoms with van der Waals surface area (Å²) in [5.74, 6) is 0.878. The van der Waals surface area contributed by atoms with Crippen molar-refractivity contribution in [2.75, 3.05) is 19.7 Å². The van der Waals surface area contributed by atoms with Crippen molar-refractivity contribution in [3.8, 4) is 5.75 Å². The van der Waals surface area contributed by atoms with Gasteiger partial charge in [0.1, 0.15) is 12.4 Å². The monoisotopic (exact) mass is 196 g/mol.